The Morgan fingerprint density at radius 2 is 1.90 bits per heavy atom. The van der Waals surface area contributed by atoms with Crippen LogP contribution in [0.5, 0.6) is 5.75 Å². The Kier molecular flexibility index (Phi) is 6.54. The highest BCUT2D eigenvalue weighted by molar-refractivity contribution is 7.95. The molecule has 0 aliphatic heterocycles. The van der Waals surface area contributed by atoms with E-state index in [-0.39, 0.29) is 5.75 Å². The fourth-order valence-electron chi connectivity index (χ4n) is 2.42. The smallest absolute Gasteiger partial charge is 0.168 e. The quantitative estimate of drug-likeness (QED) is 0.341. The molecular formula is C22H16F3N3OS. The number of pyridine rings is 1. The zero-order valence-electron chi connectivity index (χ0n) is 15.7. The van der Waals surface area contributed by atoms with Crippen LogP contribution < -0.4 is 15.7 Å². The van der Waals surface area contributed by atoms with Gasteiger partial charge in [0, 0.05) is 23.4 Å². The van der Waals surface area contributed by atoms with E-state index in [1.54, 1.807) is 24.3 Å². The third-order valence-corrected chi connectivity index (χ3v) is 4.58. The van der Waals surface area contributed by atoms with Crippen LogP contribution in [0.4, 0.5) is 24.7 Å². The molecule has 2 aromatic carbocycles. The summed E-state index contributed by atoms with van der Waals surface area (Å²) in [6.07, 6.45) is 4.93. The number of aromatic nitrogens is 1. The highest BCUT2D eigenvalue weighted by atomic mass is 32.2. The van der Waals surface area contributed by atoms with E-state index in [1.165, 1.54) is 24.4 Å². The summed E-state index contributed by atoms with van der Waals surface area (Å²) in [5, 5.41) is 0. The first-order chi connectivity index (χ1) is 14.4. The molecule has 4 N–H and O–H groups in total. The van der Waals surface area contributed by atoms with E-state index in [2.05, 4.69) is 16.8 Å². The predicted molar refractivity (Wildman–Crippen MR) is 113 cm³/mol. The second-order valence-electron chi connectivity index (χ2n) is 6.03. The van der Waals surface area contributed by atoms with Gasteiger partial charge >= 0.3 is 0 Å². The summed E-state index contributed by atoms with van der Waals surface area (Å²) in [4.78, 5) is 4.42. The van der Waals surface area contributed by atoms with Crippen molar-refractivity contribution >= 4 is 29.6 Å². The van der Waals surface area contributed by atoms with Crippen LogP contribution in [0.1, 0.15) is 23.6 Å². The van der Waals surface area contributed by atoms with E-state index >= 15 is 0 Å². The summed E-state index contributed by atoms with van der Waals surface area (Å²) in [5.74, 6) is 2.73. The molecule has 8 heteroatoms. The Morgan fingerprint density at radius 3 is 2.63 bits per heavy atom. The van der Waals surface area contributed by atoms with Crippen LogP contribution >= 0.6 is 12.0 Å². The molecule has 0 atom stereocenters. The van der Waals surface area contributed by atoms with E-state index in [0.29, 0.717) is 21.8 Å². The van der Waals surface area contributed by atoms with Crippen molar-refractivity contribution in [1.82, 2.24) is 4.98 Å². The number of nitrogens with zero attached hydrogens (tertiary/aromatic N) is 1. The summed E-state index contributed by atoms with van der Waals surface area (Å²) < 4.78 is 47.6. The Morgan fingerprint density at radius 1 is 1.10 bits per heavy atom. The third kappa shape index (κ3) is 4.88. The topological polar surface area (TPSA) is 74.2 Å². The highest BCUT2D eigenvalue weighted by Crippen LogP contribution is 2.33. The van der Waals surface area contributed by atoms with E-state index in [4.69, 9.17) is 15.7 Å². The maximum atomic E-state index is 14.6. The number of nitrogens with two attached hydrogens (primary N) is 2. The molecule has 0 unspecified atom stereocenters. The number of allylic oxidation sites excluding steroid dienone is 1. The van der Waals surface area contributed by atoms with Crippen LogP contribution in [0, 0.1) is 29.3 Å². The number of rotatable bonds is 4. The highest BCUT2D eigenvalue weighted by Gasteiger charge is 2.17. The number of nitrogen functional groups attached to an aromatic ring is 2. The van der Waals surface area contributed by atoms with Crippen LogP contribution in [0.3, 0.4) is 0 Å². The van der Waals surface area contributed by atoms with Crippen LogP contribution in [0.2, 0.25) is 0 Å². The largest absolute Gasteiger partial charge is 0.418 e. The molecule has 0 spiro atoms. The van der Waals surface area contributed by atoms with Gasteiger partial charge in [0.05, 0.1) is 22.5 Å². The molecule has 0 bridgehead atoms. The number of hydrogen-bond acceptors (Lipinski definition) is 5. The maximum absolute atomic E-state index is 14.6. The van der Waals surface area contributed by atoms with E-state index in [9.17, 15) is 13.2 Å². The number of benzene rings is 2. The van der Waals surface area contributed by atoms with E-state index in [0.717, 1.165) is 18.1 Å². The van der Waals surface area contributed by atoms with Gasteiger partial charge in [-0.25, -0.2) is 18.2 Å². The zero-order valence-corrected chi connectivity index (χ0v) is 16.6. The van der Waals surface area contributed by atoms with Gasteiger partial charge in [-0.15, -0.1) is 0 Å². The minimum atomic E-state index is -1.05. The molecule has 3 aromatic rings. The first kappa shape index (κ1) is 21.1. The normalized spacial score (nSPS) is 10.7. The molecule has 3 rings (SSSR count). The van der Waals surface area contributed by atoms with Crippen LogP contribution in [0.25, 0.3) is 6.08 Å². The molecule has 0 saturated carbocycles. The van der Waals surface area contributed by atoms with Crippen molar-refractivity contribution in [3.8, 4) is 17.6 Å². The van der Waals surface area contributed by atoms with Crippen molar-refractivity contribution in [3.63, 3.8) is 0 Å². The number of halogens is 3. The minimum Gasteiger partial charge on any atom is -0.418 e. The van der Waals surface area contributed by atoms with E-state index in [1.807, 2.05) is 6.92 Å². The average molecular weight is 427 g/mol. The minimum absolute atomic E-state index is 0.227. The van der Waals surface area contributed by atoms with Gasteiger partial charge in [0.2, 0.25) is 0 Å². The van der Waals surface area contributed by atoms with Gasteiger partial charge < -0.3 is 15.7 Å². The molecule has 1 heterocycles. The molecule has 4 nitrogen and oxygen atoms in total. The van der Waals surface area contributed by atoms with Crippen LogP contribution in [0.15, 0.2) is 53.6 Å². The van der Waals surface area contributed by atoms with Gasteiger partial charge in [-0.05, 0) is 31.2 Å². The predicted octanol–water partition coefficient (Wildman–Crippen LogP) is 5.18. The second kappa shape index (κ2) is 9.29. The molecule has 0 radical (unpaired) electrons. The molecule has 30 heavy (non-hydrogen) atoms. The Labute approximate surface area is 176 Å². The lowest BCUT2D eigenvalue weighted by atomic mass is 10.1. The number of hydrogen-bond donors (Lipinski definition) is 2. The first-order valence-electron chi connectivity index (χ1n) is 8.67. The molecule has 1 aromatic heterocycles. The fourth-order valence-corrected chi connectivity index (χ4v) is 3.04. The Hall–Kier alpha value is -3.57. The van der Waals surface area contributed by atoms with Crippen molar-refractivity contribution in [2.75, 3.05) is 11.5 Å². The van der Waals surface area contributed by atoms with Crippen molar-refractivity contribution in [2.45, 2.75) is 11.8 Å². The maximum Gasteiger partial charge on any atom is 0.168 e. The SMILES string of the molecule is C/C=C\c1cc(C#Cc2c(F)cc(OSc3cccc(F)c3)c(N)c2F)cnc1N. The molecule has 0 amide bonds. The van der Waals surface area contributed by atoms with Gasteiger partial charge in [0.1, 0.15) is 23.1 Å². The molecule has 0 fully saturated rings. The Balaban J connectivity index is 1.87. The van der Waals surface area contributed by atoms with Gasteiger partial charge in [0.15, 0.2) is 11.6 Å². The third-order valence-electron chi connectivity index (χ3n) is 3.87. The standard InChI is InChI=1S/C22H16F3N3OS/c1-2-4-14-9-13(12-28-22(14)27)7-8-17-18(24)11-19(21(26)20(17)25)29-30-16-6-3-5-15(23)10-16/h2-6,9-12H,26H2,1H3,(H2,27,28)/b4-2-. The first-order valence-corrected chi connectivity index (χ1v) is 9.41. The fraction of sp³-hybridized carbons (Fsp3) is 0.0455. The van der Waals surface area contributed by atoms with Crippen molar-refractivity contribution in [3.05, 3.63) is 82.8 Å². The van der Waals surface area contributed by atoms with Gasteiger partial charge in [-0.1, -0.05) is 30.1 Å². The van der Waals surface area contributed by atoms with E-state index < -0.39 is 28.7 Å². The summed E-state index contributed by atoms with van der Waals surface area (Å²) >= 11 is 0.727. The molecule has 0 saturated heterocycles. The van der Waals surface area contributed by atoms with Crippen molar-refractivity contribution < 1.29 is 17.4 Å². The van der Waals surface area contributed by atoms with Crippen LogP contribution in [-0.4, -0.2) is 4.98 Å². The monoisotopic (exact) mass is 427 g/mol. The Bertz CT molecular complexity index is 1190. The zero-order chi connectivity index (χ0) is 21.7. The lowest BCUT2D eigenvalue weighted by molar-refractivity contribution is 0.559. The molecule has 0 aliphatic rings. The molecule has 0 aliphatic carbocycles. The van der Waals surface area contributed by atoms with Gasteiger partial charge in [-0.2, -0.15) is 0 Å². The molecule has 152 valence electrons. The summed E-state index contributed by atoms with van der Waals surface area (Å²) in [6, 6.07) is 8.14. The lowest BCUT2D eigenvalue weighted by Gasteiger charge is -2.09. The second-order valence-corrected chi connectivity index (χ2v) is 6.84. The van der Waals surface area contributed by atoms with Crippen molar-refractivity contribution in [1.29, 1.82) is 0 Å². The van der Waals surface area contributed by atoms with Gasteiger partial charge in [-0.3, -0.25) is 0 Å². The number of anilines is 2. The summed E-state index contributed by atoms with van der Waals surface area (Å²) in [6.45, 7) is 1.82. The van der Waals surface area contributed by atoms with Crippen LogP contribution in [-0.2, 0) is 0 Å². The van der Waals surface area contributed by atoms with Gasteiger partial charge in [0.25, 0.3) is 0 Å². The summed E-state index contributed by atoms with van der Waals surface area (Å²) in [7, 11) is 0. The molecular weight excluding hydrogens is 411 g/mol. The average Bonchev–Trinajstić information content (AvgIpc) is 2.72. The lowest BCUT2D eigenvalue weighted by Crippen LogP contribution is -2.01. The van der Waals surface area contributed by atoms with Crippen molar-refractivity contribution in [2.24, 2.45) is 0 Å². The summed E-state index contributed by atoms with van der Waals surface area (Å²) in [5.41, 5.74) is 11.7.